The molecule has 1 heterocycles. The number of nitrogens with zero attached hydrogens (tertiary/aromatic N) is 1. The summed E-state index contributed by atoms with van der Waals surface area (Å²) in [6.07, 6.45) is 0.513. The zero-order valence-electron chi connectivity index (χ0n) is 16.7. The maximum Gasteiger partial charge on any atom is 0.243 e. The lowest BCUT2D eigenvalue weighted by molar-refractivity contribution is -0.907. The summed E-state index contributed by atoms with van der Waals surface area (Å²) < 4.78 is 27.5. The van der Waals surface area contributed by atoms with E-state index < -0.39 is 16.1 Å². The van der Waals surface area contributed by atoms with E-state index in [9.17, 15) is 13.5 Å². The second-order valence-corrected chi connectivity index (χ2v) is 9.60. The van der Waals surface area contributed by atoms with Crippen LogP contribution in [0.4, 0.5) is 0 Å². The van der Waals surface area contributed by atoms with Crippen LogP contribution in [-0.4, -0.2) is 50.6 Å². The molecule has 152 valence electrons. The summed E-state index contributed by atoms with van der Waals surface area (Å²) in [5.74, 6) is 0.431. The molecule has 28 heavy (non-hydrogen) atoms. The molecular formula is C22H31N2O3S+. The maximum absolute atomic E-state index is 13.0. The highest BCUT2D eigenvalue weighted by molar-refractivity contribution is 7.89. The average molecular weight is 404 g/mol. The van der Waals surface area contributed by atoms with Crippen molar-refractivity contribution in [3.8, 4) is 0 Å². The standard InChI is InChI=1S/C22H30N2O3S/c1-3-18(2)19-9-11-21(12-10-19)28(26,27)24-15-13-23(14-16-24)17-22(25)20-7-5-4-6-8-20/h4-12,18,22,25H,3,13-17H2,1-2H3/p+1/t18-,22-/m0/s1. The smallest absolute Gasteiger partial charge is 0.243 e. The normalized spacial score (nSPS) is 18.7. The van der Waals surface area contributed by atoms with E-state index in [1.807, 2.05) is 42.5 Å². The summed E-state index contributed by atoms with van der Waals surface area (Å²) in [4.78, 5) is 1.60. The summed E-state index contributed by atoms with van der Waals surface area (Å²) in [6.45, 7) is 7.24. The lowest BCUT2D eigenvalue weighted by Gasteiger charge is -2.32. The van der Waals surface area contributed by atoms with Crippen molar-refractivity contribution in [3.05, 3.63) is 65.7 Å². The van der Waals surface area contributed by atoms with Gasteiger partial charge in [0.1, 0.15) is 12.6 Å². The van der Waals surface area contributed by atoms with Crippen LogP contribution >= 0.6 is 0 Å². The Morgan fingerprint density at radius 3 is 2.18 bits per heavy atom. The molecule has 2 aromatic rings. The van der Waals surface area contributed by atoms with Crippen LogP contribution in [0, 0.1) is 0 Å². The van der Waals surface area contributed by atoms with Crippen LogP contribution in [0.5, 0.6) is 0 Å². The molecule has 1 aliphatic heterocycles. The van der Waals surface area contributed by atoms with Gasteiger partial charge in [-0.1, -0.05) is 56.3 Å². The fourth-order valence-electron chi connectivity index (χ4n) is 3.67. The Kier molecular flexibility index (Phi) is 6.88. The predicted octanol–water partition coefficient (Wildman–Crippen LogP) is 1.82. The molecule has 0 aromatic heterocycles. The number of hydrogen-bond acceptors (Lipinski definition) is 3. The molecule has 6 heteroatoms. The number of nitrogens with one attached hydrogen (secondary N) is 1. The average Bonchev–Trinajstić information content (AvgIpc) is 2.74. The summed E-state index contributed by atoms with van der Waals surface area (Å²) >= 11 is 0. The molecule has 0 saturated carbocycles. The minimum Gasteiger partial charge on any atom is -0.382 e. The van der Waals surface area contributed by atoms with Gasteiger partial charge >= 0.3 is 0 Å². The van der Waals surface area contributed by atoms with Crippen molar-refractivity contribution in [3.63, 3.8) is 0 Å². The Balaban J connectivity index is 1.59. The van der Waals surface area contributed by atoms with E-state index in [0.717, 1.165) is 12.0 Å². The van der Waals surface area contributed by atoms with Gasteiger partial charge in [-0.3, -0.25) is 0 Å². The first-order valence-corrected chi connectivity index (χ1v) is 11.5. The predicted molar refractivity (Wildman–Crippen MR) is 111 cm³/mol. The number of aliphatic hydroxyl groups is 1. The van der Waals surface area contributed by atoms with Crippen LogP contribution in [-0.2, 0) is 10.0 Å². The highest BCUT2D eigenvalue weighted by Crippen LogP contribution is 2.22. The Hall–Kier alpha value is -1.73. The van der Waals surface area contributed by atoms with Crippen LogP contribution < -0.4 is 4.90 Å². The van der Waals surface area contributed by atoms with Crippen molar-refractivity contribution in [2.24, 2.45) is 0 Å². The van der Waals surface area contributed by atoms with Gasteiger partial charge in [0.25, 0.3) is 0 Å². The summed E-state index contributed by atoms with van der Waals surface area (Å²) in [7, 11) is -3.46. The van der Waals surface area contributed by atoms with E-state index in [4.69, 9.17) is 0 Å². The van der Waals surface area contributed by atoms with Gasteiger partial charge in [-0.25, -0.2) is 8.42 Å². The summed E-state index contributed by atoms with van der Waals surface area (Å²) in [6, 6.07) is 16.9. The van der Waals surface area contributed by atoms with Gasteiger partial charge in [-0.2, -0.15) is 4.31 Å². The highest BCUT2D eigenvalue weighted by Gasteiger charge is 2.31. The molecule has 0 spiro atoms. The first kappa shape index (κ1) is 21.0. The van der Waals surface area contributed by atoms with Crippen LogP contribution in [0.3, 0.4) is 0 Å². The van der Waals surface area contributed by atoms with Crippen molar-refractivity contribution >= 4 is 10.0 Å². The van der Waals surface area contributed by atoms with E-state index in [-0.39, 0.29) is 0 Å². The monoisotopic (exact) mass is 403 g/mol. The van der Waals surface area contributed by atoms with Crippen LogP contribution in [0.25, 0.3) is 0 Å². The summed E-state index contributed by atoms with van der Waals surface area (Å²) in [5, 5.41) is 10.4. The second kappa shape index (κ2) is 9.18. The van der Waals surface area contributed by atoms with Crippen molar-refractivity contribution in [2.75, 3.05) is 32.7 Å². The molecular weight excluding hydrogens is 372 g/mol. The van der Waals surface area contributed by atoms with Crippen molar-refractivity contribution < 1.29 is 18.4 Å². The van der Waals surface area contributed by atoms with Gasteiger partial charge in [0.15, 0.2) is 0 Å². The van der Waals surface area contributed by atoms with E-state index in [2.05, 4.69) is 13.8 Å². The van der Waals surface area contributed by atoms with Crippen LogP contribution in [0.1, 0.15) is 43.4 Å². The van der Waals surface area contributed by atoms with E-state index in [1.165, 1.54) is 10.5 Å². The first-order chi connectivity index (χ1) is 13.4. The molecule has 2 N–H and O–H groups in total. The van der Waals surface area contributed by atoms with E-state index in [1.54, 1.807) is 16.4 Å². The van der Waals surface area contributed by atoms with Gasteiger partial charge in [-0.05, 0) is 35.6 Å². The molecule has 1 fully saturated rings. The third kappa shape index (κ3) is 4.81. The van der Waals surface area contributed by atoms with Crippen molar-refractivity contribution in [1.29, 1.82) is 0 Å². The second-order valence-electron chi connectivity index (χ2n) is 7.66. The SMILES string of the molecule is CC[C@H](C)c1ccc(S(=O)(=O)N2CC[NH+](C[C@H](O)c3ccccc3)CC2)cc1. The molecule has 5 nitrogen and oxygen atoms in total. The Bertz CT molecular complexity index is 845. The number of piperazine rings is 1. The Morgan fingerprint density at radius 1 is 1.00 bits per heavy atom. The number of benzene rings is 2. The fraction of sp³-hybridized carbons (Fsp3) is 0.455. The highest BCUT2D eigenvalue weighted by atomic mass is 32.2. The van der Waals surface area contributed by atoms with Crippen LogP contribution in [0.2, 0.25) is 0 Å². The fourth-order valence-corrected chi connectivity index (χ4v) is 5.11. The number of aliphatic hydroxyl groups excluding tert-OH is 1. The molecule has 2 aromatic carbocycles. The topological polar surface area (TPSA) is 62.0 Å². The maximum atomic E-state index is 13.0. The lowest BCUT2D eigenvalue weighted by Crippen LogP contribution is -3.15. The number of hydrogen-bond donors (Lipinski definition) is 2. The lowest BCUT2D eigenvalue weighted by atomic mass is 9.99. The molecule has 0 bridgehead atoms. The minimum atomic E-state index is -3.46. The molecule has 2 atom stereocenters. The number of rotatable bonds is 7. The quantitative estimate of drug-likeness (QED) is 0.741. The third-order valence-electron chi connectivity index (χ3n) is 5.80. The zero-order valence-corrected chi connectivity index (χ0v) is 17.5. The minimum absolute atomic E-state index is 0.368. The van der Waals surface area contributed by atoms with Crippen molar-refractivity contribution in [1.82, 2.24) is 4.31 Å². The van der Waals surface area contributed by atoms with Crippen molar-refractivity contribution in [2.45, 2.75) is 37.2 Å². The van der Waals surface area contributed by atoms with Gasteiger partial charge in [0, 0.05) is 0 Å². The Labute approximate surface area is 168 Å². The Morgan fingerprint density at radius 2 is 1.61 bits per heavy atom. The molecule has 0 aliphatic carbocycles. The third-order valence-corrected chi connectivity index (χ3v) is 7.71. The number of sulfonamides is 1. The van der Waals surface area contributed by atoms with E-state index in [0.29, 0.717) is 43.5 Å². The molecule has 1 saturated heterocycles. The zero-order chi connectivity index (χ0) is 20.1. The van der Waals surface area contributed by atoms with E-state index >= 15 is 0 Å². The summed E-state index contributed by atoms with van der Waals surface area (Å²) in [5.41, 5.74) is 2.08. The first-order valence-electron chi connectivity index (χ1n) is 10.1. The number of quaternary nitrogens is 1. The van der Waals surface area contributed by atoms with Gasteiger partial charge in [-0.15, -0.1) is 0 Å². The molecule has 0 radical (unpaired) electrons. The van der Waals surface area contributed by atoms with Crippen LogP contribution in [0.15, 0.2) is 59.5 Å². The largest absolute Gasteiger partial charge is 0.382 e. The van der Waals surface area contributed by atoms with Gasteiger partial charge < -0.3 is 10.0 Å². The molecule has 3 rings (SSSR count). The molecule has 0 amide bonds. The van der Waals surface area contributed by atoms with Gasteiger partial charge in [0.2, 0.25) is 10.0 Å². The van der Waals surface area contributed by atoms with Gasteiger partial charge in [0.05, 0.1) is 31.1 Å². The molecule has 0 unspecified atom stereocenters. The molecule has 1 aliphatic rings.